The van der Waals surface area contributed by atoms with Crippen molar-refractivity contribution in [2.75, 3.05) is 24.1 Å². The summed E-state index contributed by atoms with van der Waals surface area (Å²) in [5.41, 5.74) is 8.32. The van der Waals surface area contributed by atoms with Gasteiger partial charge in [0.1, 0.15) is 0 Å². The number of hydrogen-bond donors (Lipinski definition) is 3. The van der Waals surface area contributed by atoms with Crippen LogP contribution in [0.15, 0.2) is 53.4 Å². The van der Waals surface area contributed by atoms with E-state index < -0.39 is 10.0 Å². The second-order valence-electron chi connectivity index (χ2n) is 6.85. The maximum Gasteiger partial charge on any atom is 0.238 e. The Balaban J connectivity index is 1.51. The molecule has 1 fully saturated rings. The van der Waals surface area contributed by atoms with Gasteiger partial charge in [-0.05, 0) is 67.9 Å². The molecule has 1 heterocycles. The Morgan fingerprint density at radius 3 is 2.37 bits per heavy atom. The maximum atomic E-state index is 12.5. The van der Waals surface area contributed by atoms with E-state index in [1.807, 2.05) is 18.2 Å². The molecule has 1 aliphatic rings. The van der Waals surface area contributed by atoms with Crippen LogP contribution in [0.5, 0.6) is 0 Å². The van der Waals surface area contributed by atoms with Crippen molar-refractivity contribution < 1.29 is 13.2 Å². The third-order valence-electron chi connectivity index (χ3n) is 4.77. The lowest BCUT2D eigenvalue weighted by molar-refractivity contribution is -0.121. The van der Waals surface area contributed by atoms with E-state index in [0.717, 1.165) is 38.2 Å². The number of rotatable bonds is 5. The summed E-state index contributed by atoms with van der Waals surface area (Å²) >= 11 is 0. The number of hydrogen-bond acceptors (Lipinski definition) is 5. The molecular formula is C19H24N4O3S. The first kappa shape index (κ1) is 19.3. The van der Waals surface area contributed by atoms with E-state index >= 15 is 0 Å². The van der Waals surface area contributed by atoms with Crippen LogP contribution in [0.3, 0.4) is 0 Å². The summed E-state index contributed by atoms with van der Waals surface area (Å²) in [5.74, 6) is -0.0954. The van der Waals surface area contributed by atoms with Gasteiger partial charge in [0.05, 0.1) is 4.90 Å². The summed E-state index contributed by atoms with van der Waals surface area (Å²) in [6, 6.07) is 13.7. The van der Waals surface area contributed by atoms with Crippen molar-refractivity contribution in [2.24, 2.45) is 11.1 Å². The van der Waals surface area contributed by atoms with Crippen molar-refractivity contribution in [3.05, 3.63) is 54.1 Å². The van der Waals surface area contributed by atoms with Gasteiger partial charge in [0, 0.05) is 23.8 Å². The number of primary sulfonamides is 1. The van der Waals surface area contributed by atoms with Gasteiger partial charge < -0.3 is 11.1 Å². The van der Waals surface area contributed by atoms with Crippen molar-refractivity contribution in [2.45, 2.75) is 24.3 Å². The number of carbonyl (C=O) groups is 1. The van der Waals surface area contributed by atoms with Gasteiger partial charge in [0.2, 0.25) is 15.9 Å². The molecule has 0 radical (unpaired) electrons. The molecule has 3 rings (SSSR count). The van der Waals surface area contributed by atoms with Crippen molar-refractivity contribution in [1.29, 1.82) is 0 Å². The molecule has 1 aliphatic heterocycles. The van der Waals surface area contributed by atoms with Crippen molar-refractivity contribution in [3.8, 4) is 0 Å². The topological polar surface area (TPSA) is 119 Å². The van der Waals surface area contributed by atoms with E-state index in [4.69, 9.17) is 10.9 Å². The van der Waals surface area contributed by atoms with E-state index in [1.54, 1.807) is 12.1 Å². The minimum Gasteiger partial charge on any atom is -0.399 e. The molecule has 0 spiro atoms. The zero-order chi connectivity index (χ0) is 19.4. The van der Waals surface area contributed by atoms with Crippen LogP contribution in [-0.2, 0) is 21.4 Å². The molecule has 1 saturated heterocycles. The number of anilines is 2. The summed E-state index contributed by atoms with van der Waals surface area (Å²) in [6.45, 7) is 2.52. The average Bonchev–Trinajstić information content (AvgIpc) is 2.62. The molecule has 0 bridgehead atoms. The number of likely N-dealkylation sites (tertiary alicyclic amines) is 1. The number of piperidine rings is 1. The number of nitrogen functional groups attached to an aromatic ring is 1. The summed E-state index contributed by atoms with van der Waals surface area (Å²) < 4.78 is 22.5. The van der Waals surface area contributed by atoms with Gasteiger partial charge in [-0.3, -0.25) is 9.69 Å². The molecule has 7 nitrogen and oxygen atoms in total. The third-order valence-corrected chi connectivity index (χ3v) is 5.70. The van der Waals surface area contributed by atoms with Gasteiger partial charge >= 0.3 is 0 Å². The molecule has 8 heteroatoms. The number of nitrogens with one attached hydrogen (secondary N) is 1. The first-order chi connectivity index (χ1) is 12.8. The molecule has 0 aromatic heterocycles. The van der Waals surface area contributed by atoms with E-state index in [9.17, 15) is 13.2 Å². The minimum absolute atomic E-state index is 0.0235. The molecule has 0 aliphatic carbocycles. The number of benzene rings is 2. The molecule has 2 aromatic rings. The van der Waals surface area contributed by atoms with Crippen LogP contribution >= 0.6 is 0 Å². The predicted octanol–water partition coefficient (Wildman–Crippen LogP) is 1.77. The Bertz CT molecular complexity index is 905. The molecular weight excluding hydrogens is 364 g/mol. The molecule has 0 unspecified atom stereocenters. The zero-order valence-electron chi connectivity index (χ0n) is 15.0. The lowest BCUT2D eigenvalue weighted by atomic mass is 9.95. The lowest BCUT2D eigenvalue weighted by Crippen LogP contribution is -2.37. The van der Waals surface area contributed by atoms with Crippen LogP contribution < -0.4 is 16.2 Å². The SMILES string of the molecule is Nc1cccc(CN2CCC(C(=O)Nc3ccc(S(N)(=O)=O)cc3)CC2)c1. The van der Waals surface area contributed by atoms with E-state index in [2.05, 4.69) is 16.3 Å². The Kier molecular flexibility index (Phi) is 5.79. The highest BCUT2D eigenvalue weighted by Gasteiger charge is 2.25. The quantitative estimate of drug-likeness (QED) is 0.675. The van der Waals surface area contributed by atoms with Crippen molar-refractivity contribution in [3.63, 3.8) is 0 Å². The fraction of sp³-hybridized carbons (Fsp3) is 0.316. The minimum atomic E-state index is -3.73. The molecule has 2 aromatic carbocycles. The van der Waals surface area contributed by atoms with Crippen molar-refractivity contribution >= 4 is 27.3 Å². The van der Waals surface area contributed by atoms with Gasteiger partial charge in [0.15, 0.2) is 0 Å². The number of sulfonamides is 1. The Hall–Kier alpha value is -2.42. The monoisotopic (exact) mass is 388 g/mol. The first-order valence-electron chi connectivity index (χ1n) is 8.82. The Labute approximate surface area is 159 Å². The van der Waals surface area contributed by atoms with E-state index in [-0.39, 0.29) is 16.7 Å². The third kappa shape index (κ3) is 5.29. The summed E-state index contributed by atoms with van der Waals surface area (Å²) in [6.07, 6.45) is 1.56. The second kappa shape index (κ2) is 8.08. The van der Waals surface area contributed by atoms with Crippen LogP contribution in [0.4, 0.5) is 11.4 Å². The number of carbonyl (C=O) groups excluding carboxylic acids is 1. The average molecular weight is 388 g/mol. The molecule has 144 valence electrons. The van der Waals surface area contributed by atoms with Crippen molar-refractivity contribution in [1.82, 2.24) is 4.90 Å². The first-order valence-corrected chi connectivity index (χ1v) is 10.4. The fourth-order valence-electron chi connectivity index (χ4n) is 3.28. The van der Waals surface area contributed by atoms with Gasteiger partial charge in [0.25, 0.3) is 0 Å². The van der Waals surface area contributed by atoms with Gasteiger partial charge in [-0.25, -0.2) is 13.6 Å². The normalized spacial score (nSPS) is 16.2. The lowest BCUT2D eigenvalue weighted by Gasteiger charge is -2.31. The molecule has 1 amide bonds. The molecule has 5 N–H and O–H groups in total. The maximum absolute atomic E-state index is 12.5. The molecule has 0 atom stereocenters. The highest BCUT2D eigenvalue weighted by Crippen LogP contribution is 2.22. The van der Waals surface area contributed by atoms with E-state index in [0.29, 0.717) is 5.69 Å². The predicted molar refractivity (Wildman–Crippen MR) is 105 cm³/mol. The molecule has 0 saturated carbocycles. The zero-order valence-corrected chi connectivity index (χ0v) is 15.8. The summed E-state index contributed by atoms with van der Waals surface area (Å²) in [4.78, 5) is 14.8. The number of amides is 1. The van der Waals surface area contributed by atoms with Gasteiger partial charge in [-0.1, -0.05) is 12.1 Å². The van der Waals surface area contributed by atoms with Crippen LogP contribution in [0, 0.1) is 5.92 Å². The Morgan fingerprint density at radius 2 is 1.78 bits per heavy atom. The van der Waals surface area contributed by atoms with Crippen LogP contribution in [0.2, 0.25) is 0 Å². The second-order valence-corrected chi connectivity index (χ2v) is 8.42. The number of nitrogens with zero attached hydrogens (tertiary/aromatic N) is 1. The molecule has 27 heavy (non-hydrogen) atoms. The van der Waals surface area contributed by atoms with E-state index in [1.165, 1.54) is 17.7 Å². The van der Waals surface area contributed by atoms with Crippen LogP contribution in [-0.4, -0.2) is 32.3 Å². The van der Waals surface area contributed by atoms with Crippen LogP contribution in [0.25, 0.3) is 0 Å². The highest BCUT2D eigenvalue weighted by molar-refractivity contribution is 7.89. The van der Waals surface area contributed by atoms with Crippen LogP contribution in [0.1, 0.15) is 18.4 Å². The summed E-state index contributed by atoms with van der Waals surface area (Å²) in [7, 11) is -3.73. The fourth-order valence-corrected chi connectivity index (χ4v) is 3.79. The van der Waals surface area contributed by atoms with Gasteiger partial charge in [-0.2, -0.15) is 0 Å². The standard InChI is InChI=1S/C19H24N4O3S/c20-16-3-1-2-14(12-16)13-23-10-8-15(9-11-23)19(24)22-17-4-6-18(7-5-17)27(21,25)26/h1-7,12,15H,8-11,13,20H2,(H,22,24)(H2,21,25,26). The largest absolute Gasteiger partial charge is 0.399 e. The highest BCUT2D eigenvalue weighted by atomic mass is 32.2. The van der Waals surface area contributed by atoms with Gasteiger partial charge in [-0.15, -0.1) is 0 Å². The smallest absolute Gasteiger partial charge is 0.238 e. The Morgan fingerprint density at radius 1 is 1.11 bits per heavy atom. The number of nitrogens with two attached hydrogens (primary N) is 2. The summed E-state index contributed by atoms with van der Waals surface area (Å²) in [5, 5.41) is 7.93.